The average molecular weight is 212 g/mol. The summed E-state index contributed by atoms with van der Waals surface area (Å²) in [5.41, 5.74) is -0.107. The average Bonchev–Trinajstić information content (AvgIpc) is 2.89. The Labute approximate surface area is 83.9 Å². The van der Waals surface area contributed by atoms with Gasteiger partial charge in [-0.05, 0) is 24.0 Å². The van der Waals surface area contributed by atoms with Crippen LogP contribution in [0.2, 0.25) is 0 Å². The van der Waals surface area contributed by atoms with Crippen LogP contribution in [0.25, 0.3) is 0 Å². The van der Waals surface area contributed by atoms with Gasteiger partial charge >= 0.3 is 6.18 Å². The van der Waals surface area contributed by atoms with Crippen molar-refractivity contribution < 1.29 is 18.0 Å². The molecule has 1 aromatic carbocycles. The number of carbonyl (C=O) groups is 1. The van der Waals surface area contributed by atoms with Crippen LogP contribution >= 0.6 is 0 Å². The molecule has 0 aliphatic heterocycles. The number of hydrogen-bond acceptors (Lipinski definition) is 1. The third-order valence-electron chi connectivity index (χ3n) is 3.17. The number of hydrogen-bond donors (Lipinski definition) is 0. The van der Waals surface area contributed by atoms with Gasteiger partial charge in [0, 0.05) is 11.5 Å². The second-order valence-corrected chi connectivity index (χ2v) is 4.08. The van der Waals surface area contributed by atoms with E-state index in [0.29, 0.717) is 6.42 Å². The molecular formula is C11H7F3O. The van der Waals surface area contributed by atoms with Gasteiger partial charge in [0.2, 0.25) is 0 Å². The minimum atomic E-state index is -4.34. The van der Waals surface area contributed by atoms with Crippen LogP contribution < -0.4 is 0 Å². The molecular weight excluding hydrogens is 205 g/mol. The molecule has 0 N–H and O–H groups in total. The molecule has 2 aliphatic carbocycles. The molecule has 2 aliphatic rings. The molecule has 78 valence electrons. The fraction of sp³-hybridized carbons (Fsp3) is 0.364. The first-order valence-electron chi connectivity index (χ1n) is 4.74. The smallest absolute Gasteiger partial charge is 0.294 e. The zero-order chi connectivity index (χ0) is 10.8. The molecule has 3 rings (SSSR count). The van der Waals surface area contributed by atoms with E-state index in [9.17, 15) is 18.0 Å². The molecule has 1 aromatic rings. The van der Waals surface area contributed by atoms with Gasteiger partial charge in [0.25, 0.3) is 0 Å². The molecule has 15 heavy (non-hydrogen) atoms. The highest BCUT2D eigenvalue weighted by Crippen LogP contribution is 2.58. The van der Waals surface area contributed by atoms with Gasteiger partial charge in [-0.3, -0.25) is 4.79 Å². The zero-order valence-corrected chi connectivity index (χ0v) is 7.64. The third kappa shape index (κ3) is 1.07. The summed E-state index contributed by atoms with van der Waals surface area (Å²) in [6.07, 6.45) is -3.75. The van der Waals surface area contributed by atoms with E-state index in [1.165, 1.54) is 12.1 Å². The van der Waals surface area contributed by atoms with Crippen molar-refractivity contribution in [1.82, 2.24) is 0 Å². The lowest BCUT2D eigenvalue weighted by Gasteiger charge is -2.12. The largest absolute Gasteiger partial charge is 0.416 e. The van der Waals surface area contributed by atoms with Gasteiger partial charge in [-0.2, -0.15) is 13.2 Å². The SMILES string of the molecule is O=C1c2cccc(C(F)(F)F)c2C2CC12. The van der Waals surface area contributed by atoms with Gasteiger partial charge in [-0.1, -0.05) is 12.1 Å². The summed E-state index contributed by atoms with van der Waals surface area (Å²) < 4.78 is 38.0. The van der Waals surface area contributed by atoms with Gasteiger partial charge in [-0.25, -0.2) is 0 Å². The summed E-state index contributed by atoms with van der Waals surface area (Å²) in [4.78, 5) is 11.6. The fourth-order valence-electron chi connectivity index (χ4n) is 2.43. The highest BCUT2D eigenvalue weighted by atomic mass is 19.4. The van der Waals surface area contributed by atoms with Crippen LogP contribution in [0, 0.1) is 5.92 Å². The topological polar surface area (TPSA) is 17.1 Å². The van der Waals surface area contributed by atoms with Crippen LogP contribution in [-0.2, 0) is 6.18 Å². The van der Waals surface area contributed by atoms with E-state index in [2.05, 4.69) is 0 Å². The van der Waals surface area contributed by atoms with Crippen molar-refractivity contribution in [1.29, 1.82) is 0 Å². The number of alkyl halides is 3. The molecule has 2 unspecified atom stereocenters. The van der Waals surface area contributed by atoms with Crippen molar-refractivity contribution in [3.8, 4) is 0 Å². The van der Waals surface area contributed by atoms with Crippen molar-refractivity contribution in [2.24, 2.45) is 5.92 Å². The van der Waals surface area contributed by atoms with Crippen molar-refractivity contribution in [3.63, 3.8) is 0 Å². The molecule has 0 saturated heterocycles. The van der Waals surface area contributed by atoms with Crippen LogP contribution in [-0.4, -0.2) is 5.78 Å². The number of carbonyl (C=O) groups excluding carboxylic acids is 1. The number of fused-ring (bicyclic) bond motifs is 3. The van der Waals surface area contributed by atoms with E-state index >= 15 is 0 Å². The molecule has 2 atom stereocenters. The maximum atomic E-state index is 12.7. The molecule has 1 nitrogen and oxygen atoms in total. The minimum Gasteiger partial charge on any atom is -0.294 e. The lowest BCUT2D eigenvalue weighted by molar-refractivity contribution is -0.138. The van der Waals surface area contributed by atoms with E-state index < -0.39 is 11.7 Å². The summed E-state index contributed by atoms with van der Waals surface area (Å²) in [6, 6.07) is 3.87. The summed E-state index contributed by atoms with van der Waals surface area (Å²) in [5.74, 6) is -0.435. The van der Waals surface area contributed by atoms with Gasteiger partial charge in [-0.15, -0.1) is 0 Å². The van der Waals surface area contributed by atoms with E-state index in [-0.39, 0.29) is 28.7 Å². The Morgan fingerprint density at radius 3 is 2.60 bits per heavy atom. The fourth-order valence-corrected chi connectivity index (χ4v) is 2.43. The van der Waals surface area contributed by atoms with Crippen LogP contribution in [0.5, 0.6) is 0 Å². The van der Waals surface area contributed by atoms with Crippen molar-refractivity contribution >= 4 is 5.78 Å². The van der Waals surface area contributed by atoms with Gasteiger partial charge in [0.15, 0.2) is 5.78 Å². The lowest BCUT2D eigenvalue weighted by atomic mass is 9.99. The Hall–Kier alpha value is -1.32. The Morgan fingerprint density at radius 2 is 1.93 bits per heavy atom. The third-order valence-corrected chi connectivity index (χ3v) is 3.17. The minimum absolute atomic E-state index is 0.110. The molecule has 0 spiro atoms. The molecule has 0 amide bonds. The van der Waals surface area contributed by atoms with Gasteiger partial charge in [0.1, 0.15) is 0 Å². The highest BCUT2D eigenvalue weighted by Gasteiger charge is 2.54. The number of Topliss-reactive ketones (excluding diaryl/α,β-unsaturated/α-hetero) is 1. The normalized spacial score (nSPS) is 27.5. The summed E-state index contributed by atoms with van der Waals surface area (Å²) in [7, 11) is 0. The molecule has 1 saturated carbocycles. The first kappa shape index (κ1) is 8.95. The molecule has 0 aromatic heterocycles. The van der Waals surface area contributed by atoms with Crippen molar-refractivity contribution in [2.45, 2.75) is 18.5 Å². The number of rotatable bonds is 0. The first-order valence-corrected chi connectivity index (χ1v) is 4.74. The maximum absolute atomic E-state index is 12.7. The summed E-state index contributed by atoms with van der Waals surface area (Å²) in [5, 5.41) is 0. The number of halogens is 3. The van der Waals surface area contributed by atoms with Gasteiger partial charge < -0.3 is 0 Å². The van der Waals surface area contributed by atoms with Crippen molar-refractivity contribution in [2.75, 3.05) is 0 Å². The van der Waals surface area contributed by atoms with Crippen LogP contribution in [0.1, 0.15) is 33.8 Å². The van der Waals surface area contributed by atoms with Crippen LogP contribution in [0.3, 0.4) is 0 Å². The van der Waals surface area contributed by atoms with E-state index in [1.807, 2.05) is 0 Å². The maximum Gasteiger partial charge on any atom is 0.416 e. The Morgan fingerprint density at radius 1 is 1.20 bits per heavy atom. The predicted molar refractivity (Wildman–Crippen MR) is 46.6 cm³/mol. The van der Waals surface area contributed by atoms with Crippen molar-refractivity contribution in [3.05, 3.63) is 34.9 Å². The molecule has 4 heteroatoms. The quantitative estimate of drug-likeness (QED) is 0.646. The summed E-state index contributed by atoms with van der Waals surface area (Å²) >= 11 is 0. The Kier molecular flexibility index (Phi) is 1.45. The number of benzene rings is 1. The standard InChI is InChI=1S/C11H7F3O/c12-11(13,14)8-3-1-2-5-9(8)6-4-7(6)10(5)15/h1-3,6-7H,4H2. The Bertz CT molecular complexity index is 461. The second-order valence-electron chi connectivity index (χ2n) is 4.08. The molecule has 0 heterocycles. The molecule has 0 radical (unpaired) electrons. The first-order chi connectivity index (χ1) is 7.00. The van der Waals surface area contributed by atoms with Gasteiger partial charge in [0.05, 0.1) is 5.56 Å². The zero-order valence-electron chi connectivity index (χ0n) is 7.64. The highest BCUT2D eigenvalue weighted by molar-refractivity contribution is 6.06. The second kappa shape index (κ2) is 2.43. The lowest BCUT2D eigenvalue weighted by Crippen LogP contribution is -2.10. The van der Waals surface area contributed by atoms with Crippen LogP contribution in [0.4, 0.5) is 13.2 Å². The van der Waals surface area contributed by atoms with E-state index in [4.69, 9.17) is 0 Å². The molecule has 1 fully saturated rings. The predicted octanol–water partition coefficient (Wildman–Crippen LogP) is 3.01. The summed E-state index contributed by atoms with van der Waals surface area (Å²) in [6.45, 7) is 0. The van der Waals surface area contributed by atoms with Crippen LogP contribution in [0.15, 0.2) is 18.2 Å². The van der Waals surface area contributed by atoms with E-state index in [0.717, 1.165) is 6.07 Å². The Balaban J connectivity index is 2.24. The monoisotopic (exact) mass is 212 g/mol. The van der Waals surface area contributed by atoms with E-state index in [1.54, 1.807) is 0 Å². The molecule has 0 bridgehead atoms. The number of ketones is 1.